The minimum atomic E-state index is 0. The summed E-state index contributed by atoms with van der Waals surface area (Å²) in [6, 6.07) is 39.9. The molecule has 0 radical (unpaired) electrons. The SMILES string of the molecule is CC(C)(C)c1c[c-]c2c(c1)-c1cc(C(C)(C)C)ccc1C2.Clc1cccc2c([C](=[Zr+2])c3cccc4c(Cl)cccc34)cccc12.[C-]1=CC=CC1.[Cl-].[Cl-]. The smallest absolute Gasteiger partial charge is 0.109 e. The monoisotopic (exact) mass is 836 g/mol. The van der Waals surface area contributed by atoms with Crippen LogP contribution < -0.4 is 24.8 Å². The van der Waals surface area contributed by atoms with E-state index in [4.69, 9.17) is 23.2 Å². The number of allylic oxidation sites excluding steroid dienone is 4. The Bertz CT molecular complexity index is 2120. The third kappa shape index (κ3) is 9.29. The van der Waals surface area contributed by atoms with E-state index >= 15 is 0 Å². The quantitative estimate of drug-likeness (QED) is 0.160. The molecule has 0 aliphatic heterocycles. The van der Waals surface area contributed by atoms with Gasteiger partial charge in [0.2, 0.25) is 0 Å². The van der Waals surface area contributed by atoms with Crippen molar-refractivity contribution in [1.29, 1.82) is 0 Å². The van der Waals surface area contributed by atoms with Crippen molar-refractivity contribution in [2.24, 2.45) is 0 Å². The molecule has 0 spiro atoms. The van der Waals surface area contributed by atoms with Crippen molar-refractivity contribution in [1.82, 2.24) is 0 Å². The molecule has 0 N–H and O–H groups in total. The molecule has 0 amide bonds. The first-order valence-electron chi connectivity index (χ1n) is 17.2. The van der Waals surface area contributed by atoms with Gasteiger partial charge in [-0.15, -0.1) is 12.0 Å². The molecular formula is C47H42Cl4Zr-2. The summed E-state index contributed by atoms with van der Waals surface area (Å²) in [7, 11) is 0. The van der Waals surface area contributed by atoms with E-state index in [-0.39, 0.29) is 35.6 Å². The molecule has 6 aromatic rings. The first-order chi connectivity index (χ1) is 23.8. The summed E-state index contributed by atoms with van der Waals surface area (Å²) in [6.07, 6.45) is 11.0. The molecule has 52 heavy (non-hydrogen) atoms. The van der Waals surface area contributed by atoms with Crippen LogP contribution in [-0.4, -0.2) is 3.21 Å². The molecule has 0 bridgehead atoms. The summed E-state index contributed by atoms with van der Waals surface area (Å²) in [4.78, 5) is 0. The van der Waals surface area contributed by atoms with Crippen molar-refractivity contribution in [3.63, 3.8) is 0 Å². The van der Waals surface area contributed by atoms with Crippen LogP contribution in [-0.2, 0) is 41.5 Å². The van der Waals surface area contributed by atoms with Crippen LogP contribution in [0.4, 0.5) is 0 Å². The summed E-state index contributed by atoms with van der Waals surface area (Å²) in [6.45, 7) is 13.6. The predicted molar refractivity (Wildman–Crippen MR) is 214 cm³/mol. The number of hydrogen-bond donors (Lipinski definition) is 0. The Kier molecular flexibility index (Phi) is 14.2. The van der Waals surface area contributed by atoms with Crippen LogP contribution in [0.2, 0.25) is 10.0 Å². The van der Waals surface area contributed by atoms with Gasteiger partial charge >= 0.3 is 166 Å². The van der Waals surface area contributed by atoms with Gasteiger partial charge in [-0.05, 0) is 17.4 Å². The summed E-state index contributed by atoms with van der Waals surface area (Å²) >= 11 is 14.1. The molecular weight excluding hydrogens is 798 g/mol. The topological polar surface area (TPSA) is 0 Å². The Morgan fingerprint density at radius 3 is 1.63 bits per heavy atom. The predicted octanol–water partition coefficient (Wildman–Crippen LogP) is 7.38. The first-order valence-corrected chi connectivity index (χ1v) is 19.2. The van der Waals surface area contributed by atoms with Gasteiger partial charge in [0.05, 0.1) is 0 Å². The van der Waals surface area contributed by atoms with Gasteiger partial charge < -0.3 is 24.8 Å². The average molecular weight is 840 g/mol. The van der Waals surface area contributed by atoms with E-state index in [1.807, 2.05) is 36.4 Å². The van der Waals surface area contributed by atoms with Crippen molar-refractivity contribution in [3.8, 4) is 11.1 Å². The van der Waals surface area contributed by atoms with Crippen LogP contribution in [0.5, 0.6) is 0 Å². The van der Waals surface area contributed by atoms with Gasteiger partial charge in [-0.1, -0.05) is 76.3 Å². The fourth-order valence-electron chi connectivity index (χ4n) is 6.45. The first kappa shape index (κ1) is 42.0. The van der Waals surface area contributed by atoms with Gasteiger partial charge in [-0.3, -0.25) is 6.08 Å². The van der Waals surface area contributed by atoms with E-state index < -0.39 is 0 Å². The number of rotatable bonds is 2. The van der Waals surface area contributed by atoms with Crippen LogP contribution in [0, 0.1) is 12.1 Å². The molecule has 264 valence electrons. The summed E-state index contributed by atoms with van der Waals surface area (Å²) in [5.74, 6) is 0. The Hall–Kier alpha value is -2.77. The van der Waals surface area contributed by atoms with Gasteiger partial charge in [-0.2, -0.15) is 35.4 Å². The molecule has 2 aliphatic rings. The molecule has 0 nitrogen and oxygen atoms in total. The molecule has 0 saturated carbocycles. The second-order valence-corrected chi connectivity index (χ2v) is 17.0. The van der Waals surface area contributed by atoms with Crippen molar-refractivity contribution in [3.05, 3.63) is 177 Å². The normalized spacial score (nSPS) is 12.5. The Morgan fingerprint density at radius 2 is 1.15 bits per heavy atom. The van der Waals surface area contributed by atoms with Crippen LogP contribution in [0.1, 0.15) is 81.3 Å². The maximum atomic E-state index is 6.38. The molecule has 2 aliphatic carbocycles. The number of hydrogen-bond acceptors (Lipinski definition) is 0. The van der Waals surface area contributed by atoms with E-state index in [2.05, 4.69) is 139 Å². The number of halogens is 4. The average Bonchev–Trinajstić information content (AvgIpc) is 3.79. The zero-order valence-electron chi connectivity index (χ0n) is 30.5. The Morgan fingerprint density at radius 1 is 0.635 bits per heavy atom. The molecule has 0 unspecified atom stereocenters. The van der Waals surface area contributed by atoms with Gasteiger partial charge in [0.15, 0.2) is 0 Å². The van der Waals surface area contributed by atoms with E-state index in [1.54, 1.807) is 0 Å². The van der Waals surface area contributed by atoms with Gasteiger partial charge in [0.1, 0.15) is 0 Å². The third-order valence-corrected chi connectivity index (χ3v) is 11.4. The third-order valence-electron chi connectivity index (χ3n) is 9.39. The van der Waals surface area contributed by atoms with Crippen molar-refractivity contribution in [2.45, 2.75) is 65.2 Å². The zero-order chi connectivity index (χ0) is 35.6. The van der Waals surface area contributed by atoms with Crippen molar-refractivity contribution >= 4 is 48.0 Å². The fraction of sp³-hybridized carbons (Fsp3) is 0.213. The molecule has 5 heteroatoms. The van der Waals surface area contributed by atoms with E-state index in [9.17, 15) is 0 Å². The summed E-state index contributed by atoms with van der Waals surface area (Å²) in [5, 5.41) is 6.15. The van der Waals surface area contributed by atoms with Crippen LogP contribution in [0.25, 0.3) is 32.7 Å². The molecule has 8 rings (SSSR count). The second kappa shape index (κ2) is 17.6. The number of fused-ring (bicyclic) bond motifs is 5. The number of benzene rings is 6. The molecule has 0 saturated heterocycles. The largest absolute Gasteiger partial charge is 1.00 e. The summed E-state index contributed by atoms with van der Waals surface area (Å²) in [5.41, 5.74) is 11.2. The molecule has 0 fully saturated rings. The minimum Gasteiger partial charge on any atom is -1.00 e. The molecule has 0 aromatic heterocycles. The van der Waals surface area contributed by atoms with Gasteiger partial charge in [-0.25, -0.2) is 12.2 Å². The van der Waals surface area contributed by atoms with E-state index in [0.29, 0.717) is 0 Å². The second-order valence-electron chi connectivity index (χ2n) is 15.0. The Balaban J connectivity index is 0.000000199. The molecule has 6 aromatic carbocycles. The van der Waals surface area contributed by atoms with E-state index in [1.165, 1.54) is 82.7 Å². The van der Waals surface area contributed by atoms with Crippen LogP contribution in [0.15, 0.2) is 121 Å². The van der Waals surface area contributed by atoms with Crippen molar-refractivity contribution in [2.75, 3.05) is 0 Å². The molecule has 0 heterocycles. The minimum absolute atomic E-state index is 0. The van der Waals surface area contributed by atoms with Crippen molar-refractivity contribution < 1.29 is 49.0 Å². The van der Waals surface area contributed by atoms with E-state index in [0.717, 1.165) is 33.7 Å². The zero-order valence-corrected chi connectivity index (χ0v) is 36.0. The standard InChI is InChI=1S/C21H12Cl2.C21H25.C5H5.2ClH.Zr/c22-20-11-3-7-16-14(5-1-9-18(16)20)13-15-6-2-10-19-17(15)8-4-12-21(19)23;1-20(2,3)16-9-7-14-11-15-8-10-17(21(4,5)6)13-19(15)18(14)12-16;1-2-4-5-3-1;;;/h1-12H;7,9-10,12-13H,11H2,1-6H3;1-3H,4H2;2*1H;/q;2*-1;;;+2/p-2. The summed E-state index contributed by atoms with van der Waals surface area (Å²) < 4.78 is 1.31. The fourth-order valence-corrected chi connectivity index (χ4v) is 8.00. The van der Waals surface area contributed by atoms with Gasteiger partial charge in [0.25, 0.3) is 0 Å². The van der Waals surface area contributed by atoms with Gasteiger partial charge in [0, 0.05) is 0 Å². The Labute approximate surface area is 347 Å². The molecule has 0 atom stereocenters. The van der Waals surface area contributed by atoms with Crippen LogP contribution in [0.3, 0.4) is 0 Å². The maximum absolute atomic E-state index is 6.38. The maximum Gasteiger partial charge on any atom is -0.109 e. The van der Waals surface area contributed by atoms with Crippen LogP contribution >= 0.6 is 23.2 Å².